The number of allylic oxidation sites excluding steroid dienone is 10. The molecule has 0 aromatic heterocycles. The van der Waals surface area contributed by atoms with Gasteiger partial charge in [-0.3, -0.25) is 9.59 Å². The summed E-state index contributed by atoms with van der Waals surface area (Å²) in [6, 6.07) is 22.1. The lowest BCUT2D eigenvalue weighted by molar-refractivity contribution is -0.432. The molecule has 4 aliphatic heterocycles. The number of rotatable bonds is 19. The van der Waals surface area contributed by atoms with Crippen molar-refractivity contribution in [2.75, 3.05) is 22.9 Å². The minimum Gasteiger partial charge on any atom is -0.744 e. The summed E-state index contributed by atoms with van der Waals surface area (Å²) in [4.78, 5) is 55.1. The van der Waals surface area contributed by atoms with Gasteiger partial charge in [-0.2, -0.15) is 4.58 Å². The third-order valence-electron chi connectivity index (χ3n) is 15.4. The number of para-hydroxylation sites is 1. The molecule has 0 aliphatic carbocycles. The van der Waals surface area contributed by atoms with Gasteiger partial charge in [0, 0.05) is 80.5 Å². The van der Waals surface area contributed by atoms with E-state index in [9.17, 15) is 47.5 Å². The second-order valence-corrected chi connectivity index (χ2v) is 24.2. The maximum Gasteiger partial charge on any atom is 0.370 e. The number of anilines is 2. The fraction of sp³-hybridized carbons (Fsp3) is 0.231. The van der Waals surface area contributed by atoms with Crippen LogP contribution in [0.5, 0.6) is 0 Å². The highest BCUT2D eigenvalue weighted by Crippen LogP contribution is 2.51. The van der Waals surface area contributed by atoms with E-state index in [1.807, 2.05) is 102 Å². The average molecular weight is 1180 g/mol. The Morgan fingerprint density at radius 1 is 0.718 bits per heavy atom. The largest absolute Gasteiger partial charge is 0.744 e. The van der Waals surface area contributed by atoms with Gasteiger partial charge in [0.15, 0.2) is 11.4 Å². The molecule has 20 heteroatoms. The number of aliphatic carboxylic acids is 3. The van der Waals surface area contributed by atoms with Gasteiger partial charge in [-0.15, -0.1) is 8.91 Å². The highest BCUT2D eigenvalue weighted by Gasteiger charge is 2.49. The molecule has 0 saturated heterocycles. The molecule has 0 fully saturated rings. The van der Waals surface area contributed by atoms with Crippen LogP contribution in [0.1, 0.15) is 83.2 Å². The lowest BCUT2D eigenvalue weighted by atomic mass is 9.81. The molecule has 0 saturated carbocycles. The molecular formula is C65H59N5O13S2. The van der Waals surface area contributed by atoms with Crippen molar-refractivity contribution in [2.24, 2.45) is 0 Å². The van der Waals surface area contributed by atoms with Crippen LogP contribution in [0.25, 0.3) is 0 Å². The number of amides is 1. The Labute approximate surface area is 496 Å². The van der Waals surface area contributed by atoms with Gasteiger partial charge in [0.25, 0.3) is 0 Å². The molecule has 0 spiro atoms. The van der Waals surface area contributed by atoms with Crippen LogP contribution in [-0.4, -0.2) is 85.9 Å². The second-order valence-electron chi connectivity index (χ2n) is 22.0. The van der Waals surface area contributed by atoms with Crippen LogP contribution in [0.4, 0.5) is 22.7 Å². The van der Waals surface area contributed by atoms with Crippen LogP contribution in [0.15, 0.2) is 208 Å². The van der Waals surface area contributed by atoms with E-state index >= 15 is 0 Å². The van der Waals surface area contributed by atoms with Crippen LogP contribution < -0.4 is 20.2 Å². The summed E-state index contributed by atoms with van der Waals surface area (Å²) in [7, 11) is -4.89. The number of hydrogen-bond donors (Lipinski definition) is 4. The third kappa shape index (κ3) is 12.0. The number of carbonyl (C=O) groups is 4. The number of fused-ring (bicyclic) bond motifs is 4. The van der Waals surface area contributed by atoms with Gasteiger partial charge in [-0.1, -0.05) is 98.8 Å². The van der Waals surface area contributed by atoms with Crippen molar-refractivity contribution >= 4 is 80.1 Å². The average Bonchev–Trinajstić information content (AvgIpc) is 1.75. The molecule has 0 radical (unpaired) electrons. The van der Waals surface area contributed by atoms with E-state index in [4.69, 9.17) is 9.59 Å². The third-order valence-corrected chi connectivity index (χ3v) is 16.8. The Kier molecular flexibility index (Phi) is 17.5. The van der Waals surface area contributed by atoms with Crippen molar-refractivity contribution in [3.05, 3.63) is 226 Å². The SMILES string of the molecule is C=C=C=C=C(C(=O)[O-])N1/C(=C/C=C/C=C/C2=[N+](C(=C=C=C=C)C(=O)NCc3ccc4c(c3)C(C)(C)/C(=C\C=C\C3=[N+](CC(=O)O)c5ccccc5C3(C)C)N4CC(=O)O)c3ccc(SOOO)cc3C2(C)C)C(C)(C)c2cc(S(=O)(=O)[O-])ccc21. The van der Waals surface area contributed by atoms with Crippen molar-refractivity contribution in [3.63, 3.8) is 0 Å². The zero-order valence-electron chi connectivity index (χ0n) is 47.7. The number of nitrogens with one attached hydrogen (secondary N) is 1. The van der Waals surface area contributed by atoms with Gasteiger partial charge in [-0.25, -0.2) is 18.5 Å². The van der Waals surface area contributed by atoms with Gasteiger partial charge in [0.2, 0.25) is 17.9 Å². The van der Waals surface area contributed by atoms with E-state index in [1.165, 1.54) is 17.0 Å². The Balaban J connectivity index is 1.15. The minimum absolute atomic E-state index is 0.00711. The van der Waals surface area contributed by atoms with E-state index in [2.05, 4.69) is 57.9 Å². The van der Waals surface area contributed by atoms with Gasteiger partial charge in [0.05, 0.1) is 39.4 Å². The molecule has 1 amide bonds. The maximum atomic E-state index is 14.8. The predicted molar refractivity (Wildman–Crippen MR) is 316 cm³/mol. The van der Waals surface area contributed by atoms with Gasteiger partial charge >= 0.3 is 23.5 Å². The first kappa shape index (κ1) is 61.8. The molecule has 85 heavy (non-hydrogen) atoms. The van der Waals surface area contributed by atoms with Crippen LogP contribution in [-0.2, 0) is 66.9 Å². The number of carbonyl (C=O) groups excluding carboxylic acids is 2. The standard InChI is InChI=1S/C65H59N5O13S2/c1-11-13-22-52(60(75)66-38-41-29-32-49-45(35-41)63(5,6)55(68(49)40-59(73)74)28-20-27-54-62(3,4)44-21-18-19-24-48(44)67(54)39-58(71)72)69-50-33-30-42(84-83-82-78)36-46(50)64(7,8)56(69)25-16-15-17-26-57-65(9,10)47-37-43(85(79,80)81)31-34-51(47)70(57)53(61(76)77)23-14-12-2/h15-21,24-37H,1-2,38-40H2,3-10H3,(H4-2,66,71,72,73,74,75,76,77,78,79,80,81). The summed E-state index contributed by atoms with van der Waals surface area (Å²) < 4.78 is 44.6. The second kappa shape index (κ2) is 24.1. The molecule has 0 unspecified atom stereocenters. The molecule has 8 rings (SSSR count). The summed E-state index contributed by atoms with van der Waals surface area (Å²) >= 11 is 0.751. The van der Waals surface area contributed by atoms with Crippen LogP contribution in [0.3, 0.4) is 0 Å². The van der Waals surface area contributed by atoms with Gasteiger partial charge < -0.3 is 39.8 Å². The molecule has 18 nitrogen and oxygen atoms in total. The fourth-order valence-corrected chi connectivity index (χ4v) is 12.3. The Morgan fingerprint density at radius 2 is 1.36 bits per heavy atom. The first-order chi connectivity index (χ1) is 40.1. The first-order valence-electron chi connectivity index (χ1n) is 26.3. The monoisotopic (exact) mass is 1180 g/mol. The molecular weight excluding hydrogens is 1120 g/mol. The molecule has 0 atom stereocenters. The smallest absolute Gasteiger partial charge is 0.370 e. The first-order valence-corrected chi connectivity index (χ1v) is 28.5. The van der Waals surface area contributed by atoms with Gasteiger partial charge in [0.1, 0.15) is 22.4 Å². The normalized spacial score (nSPS) is 17.5. The Morgan fingerprint density at radius 3 is 2.04 bits per heavy atom. The quantitative estimate of drug-likeness (QED) is 0.00999. The minimum atomic E-state index is -4.89. The number of nitrogens with zero attached hydrogens (tertiary/aromatic N) is 4. The Hall–Kier alpha value is -9.30. The van der Waals surface area contributed by atoms with Crippen molar-refractivity contribution in [3.8, 4) is 0 Å². The van der Waals surface area contributed by atoms with Crippen LogP contribution >= 0.6 is 12.0 Å². The lowest BCUT2D eigenvalue weighted by Crippen LogP contribution is -2.35. The highest BCUT2D eigenvalue weighted by molar-refractivity contribution is 7.94. The molecule has 4 aromatic carbocycles. The number of carboxylic acid groups (broad SMARTS) is 3. The molecule has 4 heterocycles. The van der Waals surface area contributed by atoms with E-state index < -0.39 is 66.2 Å². The molecule has 4 N–H and O–H groups in total. The molecule has 434 valence electrons. The zero-order valence-corrected chi connectivity index (χ0v) is 49.3. The summed E-state index contributed by atoms with van der Waals surface area (Å²) in [6.45, 7) is 21.9. The van der Waals surface area contributed by atoms with E-state index in [0.717, 1.165) is 46.2 Å². The summed E-state index contributed by atoms with van der Waals surface area (Å²) in [5.41, 5.74) is 19.9. The zero-order chi connectivity index (χ0) is 62.0. The summed E-state index contributed by atoms with van der Waals surface area (Å²) in [5.74, 6) is -4.26. The van der Waals surface area contributed by atoms with Crippen molar-refractivity contribution in [2.45, 2.75) is 93.4 Å². The number of carboxylic acids is 3. The highest BCUT2D eigenvalue weighted by atomic mass is 32.2. The van der Waals surface area contributed by atoms with E-state index in [0.29, 0.717) is 44.5 Å². The number of hydrogen-bond acceptors (Lipinski definition) is 14. The lowest BCUT2D eigenvalue weighted by Gasteiger charge is -2.28. The summed E-state index contributed by atoms with van der Waals surface area (Å²) in [5, 5.41) is 48.6. The van der Waals surface area contributed by atoms with Crippen LogP contribution in [0.2, 0.25) is 0 Å². The molecule has 4 aromatic rings. The van der Waals surface area contributed by atoms with Gasteiger partial charge in [-0.05, 0) is 123 Å². The maximum absolute atomic E-state index is 14.8. The van der Waals surface area contributed by atoms with Crippen molar-refractivity contribution < 1.29 is 71.2 Å². The Bertz CT molecular complexity index is 4170. The number of benzene rings is 4. The molecule has 0 bridgehead atoms. The van der Waals surface area contributed by atoms with Crippen molar-refractivity contribution in [1.82, 2.24) is 5.32 Å². The van der Waals surface area contributed by atoms with E-state index in [1.54, 1.807) is 76.5 Å². The predicted octanol–water partition coefficient (Wildman–Crippen LogP) is 9.00. The molecule has 4 aliphatic rings. The van der Waals surface area contributed by atoms with Crippen molar-refractivity contribution in [1.29, 1.82) is 0 Å². The summed E-state index contributed by atoms with van der Waals surface area (Å²) in [6.07, 6.45) is 13.9. The van der Waals surface area contributed by atoms with Crippen LogP contribution in [0, 0.1) is 0 Å². The fourth-order valence-electron chi connectivity index (χ4n) is 11.4. The van der Waals surface area contributed by atoms with E-state index in [-0.39, 0.29) is 31.0 Å². The topological polar surface area (TPSA) is 252 Å².